The third-order valence-electron chi connectivity index (χ3n) is 2.11. The highest BCUT2D eigenvalue weighted by atomic mass is 32.1. The number of nitrogens with two attached hydrogens (primary N) is 1. The molecule has 0 bridgehead atoms. The predicted octanol–water partition coefficient (Wildman–Crippen LogP) is -0.277. The number of hydrogen-bond acceptors (Lipinski definition) is 3. The largest absolute Gasteiger partial charge is 0.342 e. The van der Waals surface area contributed by atoms with Crippen LogP contribution in [0.15, 0.2) is 0 Å². The van der Waals surface area contributed by atoms with Crippen molar-refractivity contribution in [2.24, 2.45) is 11.7 Å². The van der Waals surface area contributed by atoms with Gasteiger partial charge in [0.05, 0.1) is 5.75 Å². The lowest BCUT2D eigenvalue weighted by Gasteiger charge is -2.14. The highest BCUT2D eigenvalue weighted by Crippen LogP contribution is 2.14. The summed E-state index contributed by atoms with van der Waals surface area (Å²) in [7, 11) is 0. The number of nitrogens with zero attached hydrogens (tertiary/aromatic N) is 1. The third kappa shape index (κ3) is 2.10. The van der Waals surface area contributed by atoms with Gasteiger partial charge in [-0.25, -0.2) is 0 Å². The van der Waals surface area contributed by atoms with E-state index in [1.807, 2.05) is 4.90 Å². The summed E-state index contributed by atoms with van der Waals surface area (Å²) in [6.07, 6.45) is 1.05. The molecule has 0 spiro atoms. The Morgan fingerprint density at radius 2 is 2.45 bits per heavy atom. The average molecular weight is 174 g/mol. The molecule has 1 aliphatic rings. The minimum absolute atomic E-state index is 0.129. The molecule has 0 radical (unpaired) electrons. The van der Waals surface area contributed by atoms with E-state index < -0.39 is 0 Å². The van der Waals surface area contributed by atoms with Gasteiger partial charge in [0.15, 0.2) is 0 Å². The second-order valence-corrected chi connectivity index (χ2v) is 3.20. The van der Waals surface area contributed by atoms with Crippen LogP contribution in [0.2, 0.25) is 0 Å². The molecule has 0 saturated carbocycles. The molecule has 2 N–H and O–H groups in total. The van der Waals surface area contributed by atoms with E-state index in [1.54, 1.807) is 0 Å². The van der Waals surface area contributed by atoms with Gasteiger partial charge in [-0.1, -0.05) is 0 Å². The van der Waals surface area contributed by atoms with Gasteiger partial charge >= 0.3 is 0 Å². The smallest absolute Gasteiger partial charge is 0.232 e. The Kier molecular flexibility index (Phi) is 3.20. The first-order valence-corrected chi connectivity index (χ1v) is 4.50. The van der Waals surface area contributed by atoms with Gasteiger partial charge in [0, 0.05) is 13.1 Å². The molecule has 1 saturated heterocycles. The van der Waals surface area contributed by atoms with E-state index in [2.05, 4.69) is 12.6 Å². The molecule has 64 valence electrons. The van der Waals surface area contributed by atoms with E-state index in [9.17, 15) is 4.79 Å². The molecule has 4 heteroatoms. The Bertz CT molecular complexity index is 151. The zero-order chi connectivity index (χ0) is 8.27. The van der Waals surface area contributed by atoms with E-state index in [0.29, 0.717) is 18.2 Å². The van der Waals surface area contributed by atoms with Gasteiger partial charge in [-0.3, -0.25) is 4.79 Å². The van der Waals surface area contributed by atoms with Crippen LogP contribution in [-0.4, -0.2) is 36.2 Å². The number of carbonyl (C=O) groups excluding carboxylic acids is 1. The second kappa shape index (κ2) is 3.97. The molecule has 0 aromatic carbocycles. The number of thiol groups is 1. The van der Waals surface area contributed by atoms with E-state index in [0.717, 1.165) is 19.5 Å². The Labute approximate surface area is 72.3 Å². The highest BCUT2D eigenvalue weighted by molar-refractivity contribution is 7.81. The zero-order valence-electron chi connectivity index (χ0n) is 6.49. The molecule has 3 nitrogen and oxygen atoms in total. The summed E-state index contributed by atoms with van der Waals surface area (Å²) >= 11 is 3.93. The Hall–Kier alpha value is -0.220. The lowest BCUT2D eigenvalue weighted by molar-refractivity contribution is -0.127. The standard InChI is InChI=1S/C7H14N2OS/c8-3-6-1-2-9(4-6)7(10)5-11/h6,11H,1-5,8H2. The molecule has 0 aromatic rings. The van der Waals surface area contributed by atoms with Crippen molar-refractivity contribution in [2.45, 2.75) is 6.42 Å². The lowest BCUT2D eigenvalue weighted by Crippen LogP contribution is -2.30. The van der Waals surface area contributed by atoms with Crippen LogP contribution >= 0.6 is 12.6 Å². The van der Waals surface area contributed by atoms with Crippen molar-refractivity contribution in [2.75, 3.05) is 25.4 Å². The van der Waals surface area contributed by atoms with Crippen molar-refractivity contribution in [1.29, 1.82) is 0 Å². The van der Waals surface area contributed by atoms with Gasteiger partial charge in [0.2, 0.25) is 5.91 Å². The number of likely N-dealkylation sites (tertiary alicyclic amines) is 1. The highest BCUT2D eigenvalue weighted by Gasteiger charge is 2.23. The summed E-state index contributed by atoms with van der Waals surface area (Å²) in [5.41, 5.74) is 5.48. The first-order valence-electron chi connectivity index (χ1n) is 3.86. The molecule has 1 aliphatic heterocycles. The fourth-order valence-corrected chi connectivity index (χ4v) is 1.55. The molecular weight excluding hydrogens is 160 g/mol. The maximum Gasteiger partial charge on any atom is 0.232 e. The zero-order valence-corrected chi connectivity index (χ0v) is 7.39. The summed E-state index contributed by atoms with van der Waals surface area (Å²) < 4.78 is 0. The Morgan fingerprint density at radius 3 is 2.91 bits per heavy atom. The van der Waals surface area contributed by atoms with Crippen molar-refractivity contribution in [1.82, 2.24) is 4.90 Å². The molecule has 1 atom stereocenters. The van der Waals surface area contributed by atoms with Gasteiger partial charge in [0.1, 0.15) is 0 Å². The average Bonchev–Trinajstić information content (AvgIpc) is 2.50. The molecule has 0 aliphatic carbocycles. The van der Waals surface area contributed by atoms with Crippen molar-refractivity contribution in [3.05, 3.63) is 0 Å². The van der Waals surface area contributed by atoms with Gasteiger partial charge in [-0.2, -0.15) is 12.6 Å². The second-order valence-electron chi connectivity index (χ2n) is 2.89. The van der Waals surface area contributed by atoms with E-state index in [1.165, 1.54) is 0 Å². The molecule has 1 rings (SSSR count). The summed E-state index contributed by atoms with van der Waals surface area (Å²) in [6, 6.07) is 0. The maximum atomic E-state index is 11.1. The van der Waals surface area contributed by atoms with Crippen LogP contribution < -0.4 is 5.73 Å². The van der Waals surface area contributed by atoms with Crippen LogP contribution in [0.4, 0.5) is 0 Å². The first-order chi connectivity index (χ1) is 5.27. The van der Waals surface area contributed by atoms with Crippen molar-refractivity contribution in [3.8, 4) is 0 Å². The molecular formula is C7H14N2OS. The van der Waals surface area contributed by atoms with Crippen molar-refractivity contribution < 1.29 is 4.79 Å². The molecule has 1 unspecified atom stereocenters. The number of carbonyl (C=O) groups is 1. The summed E-state index contributed by atoms with van der Waals surface area (Å²) in [5.74, 6) is 0.959. The van der Waals surface area contributed by atoms with Crippen LogP contribution in [0.5, 0.6) is 0 Å². The van der Waals surface area contributed by atoms with Crippen LogP contribution in [0.3, 0.4) is 0 Å². The van der Waals surface area contributed by atoms with Crippen LogP contribution in [0, 0.1) is 5.92 Å². The fourth-order valence-electron chi connectivity index (χ4n) is 1.35. The van der Waals surface area contributed by atoms with Crippen LogP contribution in [0.25, 0.3) is 0 Å². The normalized spacial score (nSPS) is 24.2. The summed E-state index contributed by atoms with van der Waals surface area (Å²) in [5, 5.41) is 0. The SMILES string of the molecule is NCC1CCN(C(=O)CS)C1. The molecule has 0 aromatic heterocycles. The van der Waals surface area contributed by atoms with Crippen LogP contribution in [0.1, 0.15) is 6.42 Å². The molecule has 1 heterocycles. The summed E-state index contributed by atoms with van der Waals surface area (Å²) in [4.78, 5) is 12.9. The van der Waals surface area contributed by atoms with Gasteiger partial charge in [-0.05, 0) is 18.9 Å². The molecule has 1 amide bonds. The minimum Gasteiger partial charge on any atom is -0.342 e. The first kappa shape index (κ1) is 8.87. The van der Waals surface area contributed by atoms with Gasteiger partial charge in [0.25, 0.3) is 0 Å². The van der Waals surface area contributed by atoms with E-state index in [4.69, 9.17) is 5.73 Å². The fraction of sp³-hybridized carbons (Fsp3) is 0.857. The molecule has 11 heavy (non-hydrogen) atoms. The van der Waals surface area contributed by atoms with Gasteiger partial charge < -0.3 is 10.6 Å². The lowest BCUT2D eigenvalue weighted by atomic mass is 10.1. The number of rotatable bonds is 2. The topological polar surface area (TPSA) is 46.3 Å². The minimum atomic E-state index is 0.129. The maximum absolute atomic E-state index is 11.1. The van der Waals surface area contributed by atoms with E-state index in [-0.39, 0.29) is 5.91 Å². The predicted molar refractivity (Wildman–Crippen MR) is 47.6 cm³/mol. The Morgan fingerprint density at radius 1 is 1.73 bits per heavy atom. The Balaban J connectivity index is 2.35. The number of hydrogen-bond donors (Lipinski definition) is 2. The quantitative estimate of drug-likeness (QED) is 0.566. The van der Waals surface area contributed by atoms with Crippen molar-refractivity contribution in [3.63, 3.8) is 0 Å². The van der Waals surface area contributed by atoms with E-state index >= 15 is 0 Å². The third-order valence-corrected chi connectivity index (χ3v) is 2.38. The monoisotopic (exact) mass is 174 g/mol. The van der Waals surface area contributed by atoms with Gasteiger partial charge in [-0.15, -0.1) is 0 Å². The molecule has 1 fully saturated rings. The van der Waals surface area contributed by atoms with Crippen molar-refractivity contribution >= 4 is 18.5 Å². The summed E-state index contributed by atoms with van der Waals surface area (Å²) in [6.45, 7) is 2.38. The van der Waals surface area contributed by atoms with Crippen LogP contribution in [-0.2, 0) is 4.79 Å². The number of amides is 1.